The molecule has 0 aliphatic carbocycles. The van der Waals surface area contributed by atoms with Gasteiger partial charge in [-0.1, -0.05) is 53.5 Å². The Labute approximate surface area is 138 Å². The minimum atomic E-state index is -3.74. The summed E-state index contributed by atoms with van der Waals surface area (Å²) in [5.74, 6) is 0. The van der Waals surface area contributed by atoms with Gasteiger partial charge >= 0.3 is 0 Å². The predicted molar refractivity (Wildman–Crippen MR) is 86.7 cm³/mol. The van der Waals surface area contributed by atoms with E-state index in [0.717, 1.165) is 5.56 Å². The van der Waals surface area contributed by atoms with Crippen molar-refractivity contribution in [2.75, 3.05) is 6.54 Å². The first-order valence-corrected chi connectivity index (χ1v) is 8.71. The molecule has 0 bridgehead atoms. The lowest BCUT2D eigenvalue weighted by molar-refractivity contribution is 0.581. The second-order valence-corrected chi connectivity index (χ2v) is 7.41. The molecule has 0 aliphatic rings. The van der Waals surface area contributed by atoms with E-state index in [-0.39, 0.29) is 16.5 Å². The molecule has 0 saturated carbocycles. The number of hydrogen-bond acceptors (Lipinski definition) is 2. The fraction of sp³-hybridized carbons (Fsp3) is 0.143. The number of hydrogen-bond donors (Lipinski definition) is 1. The van der Waals surface area contributed by atoms with Crippen molar-refractivity contribution in [2.24, 2.45) is 0 Å². The van der Waals surface area contributed by atoms with E-state index < -0.39 is 15.4 Å². The maximum absolute atomic E-state index is 12.2. The lowest BCUT2D eigenvalue weighted by Crippen LogP contribution is -2.27. The van der Waals surface area contributed by atoms with Crippen molar-refractivity contribution in [1.29, 1.82) is 0 Å². The molecule has 3 nitrogen and oxygen atoms in total. The highest BCUT2D eigenvalue weighted by Gasteiger charge is 2.19. The Bertz CT molecular complexity index is 720. The molecule has 0 saturated heterocycles. The molecule has 21 heavy (non-hydrogen) atoms. The summed E-state index contributed by atoms with van der Waals surface area (Å²) in [5.41, 5.74) is 0.837. The van der Waals surface area contributed by atoms with E-state index in [0.29, 0.717) is 5.02 Å². The maximum atomic E-state index is 12.2. The van der Waals surface area contributed by atoms with Gasteiger partial charge in [0.15, 0.2) is 0 Å². The van der Waals surface area contributed by atoms with Crippen molar-refractivity contribution in [1.82, 2.24) is 4.72 Å². The first kappa shape index (κ1) is 16.6. The highest BCUT2D eigenvalue weighted by molar-refractivity contribution is 7.89. The average Bonchev–Trinajstić information content (AvgIpc) is 2.45. The fourth-order valence-electron chi connectivity index (χ4n) is 1.73. The van der Waals surface area contributed by atoms with Crippen LogP contribution in [0.2, 0.25) is 10.0 Å². The molecular weight excluding hydrogens is 353 g/mol. The van der Waals surface area contributed by atoms with Crippen LogP contribution in [0.15, 0.2) is 53.4 Å². The molecule has 0 amide bonds. The van der Waals surface area contributed by atoms with Crippen molar-refractivity contribution in [3.05, 3.63) is 64.1 Å². The normalized spacial score (nSPS) is 13.1. The first-order chi connectivity index (χ1) is 9.90. The lowest BCUT2D eigenvalue weighted by atomic mass is 10.1. The van der Waals surface area contributed by atoms with Crippen molar-refractivity contribution < 1.29 is 8.42 Å². The van der Waals surface area contributed by atoms with Gasteiger partial charge < -0.3 is 0 Å². The number of alkyl halides is 1. The Morgan fingerprint density at radius 2 is 1.71 bits per heavy atom. The molecule has 2 aromatic rings. The minimum absolute atomic E-state index is 0.0227. The van der Waals surface area contributed by atoms with Crippen LogP contribution in [0.5, 0.6) is 0 Å². The van der Waals surface area contributed by atoms with Gasteiger partial charge in [-0.05, 0) is 23.8 Å². The Morgan fingerprint density at radius 1 is 1.05 bits per heavy atom. The molecule has 2 aromatic carbocycles. The number of nitrogens with one attached hydrogen (secondary N) is 1. The summed E-state index contributed by atoms with van der Waals surface area (Å²) >= 11 is 17.8. The van der Waals surface area contributed by atoms with Gasteiger partial charge in [0, 0.05) is 11.6 Å². The number of rotatable bonds is 5. The van der Waals surface area contributed by atoms with Gasteiger partial charge in [-0.15, -0.1) is 11.6 Å². The molecule has 0 aromatic heterocycles. The summed E-state index contributed by atoms with van der Waals surface area (Å²) < 4.78 is 26.9. The second-order valence-electron chi connectivity index (χ2n) is 4.30. The van der Waals surface area contributed by atoms with Gasteiger partial charge in [-0.25, -0.2) is 13.1 Å². The number of halogens is 3. The zero-order valence-electron chi connectivity index (χ0n) is 10.8. The second kappa shape index (κ2) is 6.99. The van der Waals surface area contributed by atoms with Crippen molar-refractivity contribution >= 4 is 44.8 Å². The monoisotopic (exact) mass is 363 g/mol. The molecular formula is C14H12Cl3NO2S. The third-order valence-corrected chi connectivity index (χ3v) is 5.35. The standard InChI is InChI=1S/C14H12Cl3NO2S/c15-11-6-7-14(12(16)8-11)21(19,20)18-9-13(17)10-4-2-1-3-5-10/h1-8,13,18H,9H2. The lowest BCUT2D eigenvalue weighted by Gasteiger charge is -2.12. The van der Waals surface area contributed by atoms with Crippen LogP contribution in [0, 0.1) is 0 Å². The summed E-state index contributed by atoms with van der Waals surface area (Å²) in [6, 6.07) is 13.4. The van der Waals surface area contributed by atoms with Crippen LogP contribution in [0.3, 0.4) is 0 Å². The Hall–Kier alpha value is -0.780. The molecule has 1 unspecified atom stereocenters. The summed E-state index contributed by atoms with van der Waals surface area (Å²) in [5, 5.41) is -0.0219. The van der Waals surface area contributed by atoms with E-state index in [1.807, 2.05) is 30.3 Å². The SMILES string of the molecule is O=S(=O)(NCC(Cl)c1ccccc1)c1ccc(Cl)cc1Cl. The number of sulfonamides is 1. The Kier molecular flexibility index (Phi) is 5.52. The summed E-state index contributed by atoms with van der Waals surface area (Å²) in [4.78, 5) is -0.0227. The fourth-order valence-corrected chi connectivity index (χ4v) is 3.87. The van der Waals surface area contributed by atoms with Crippen LogP contribution in [-0.4, -0.2) is 15.0 Å². The van der Waals surface area contributed by atoms with Gasteiger partial charge in [0.1, 0.15) is 4.90 Å². The number of benzene rings is 2. The Morgan fingerprint density at radius 3 is 2.33 bits per heavy atom. The molecule has 0 spiro atoms. The van der Waals surface area contributed by atoms with Crippen LogP contribution in [0.4, 0.5) is 0 Å². The van der Waals surface area contributed by atoms with Crippen molar-refractivity contribution in [3.63, 3.8) is 0 Å². The van der Waals surface area contributed by atoms with E-state index in [1.165, 1.54) is 18.2 Å². The van der Waals surface area contributed by atoms with Gasteiger partial charge in [0.25, 0.3) is 0 Å². The van der Waals surface area contributed by atoms with Crippen LogP contribution in [0.1, 0.15) is 10.9 Å². The zero-order chi connectivity index (χ0) is 15.5. The highest BCUT2D eigenvalue weighted by atomic mass is 35.5. The van der Waals surface area contributed by atoms with Crippen molar-refractivity contribution in [2.45, 2.75) is 10.3 Å². The molecule has 7 heteroatoms. The molecule has 0 radical (unpaired) electrons. The molecule has 1 N–H and O–H groups in total. The molecule has 0 heterocycles. The van der Waals surface area contributed by atoms with E-state index in [9.17, 15) is 8.42 Å². The zero-order valence-corrected chi connectivity index (χ0v) is 13.8. The van der Waals surface area contributed by atoms with Crippen LogP contribution in [0.25, 0.3) is 0 Å². The summed E-state index contributed by atoms with van der Waals surface area (Å²) in [6.07, 6.45) is 0. The third-order valence-electron chi connectivity index (χ3n) is 2.80. The summed E-state index contributed by atoms with van der Waals surface area (Å²) in [6.45, 7) is 0.0624. The van der Waals surface area contributed by atoms with Crippen molar-refractivity contribution in [3.8, 4) is 0 Å². The first-order valence-electron chi connectivity index (χ1n) is 6.04. The van der Waals surface area contributed by atoms with Crippen LogP contribution in [-0.2, 0) is 10.0 Å². The van der Waals surface area contributed by atoms with Crippen LogP contribution >= 0.6 is 34.8 Å². The predicted octanol–water partition coefficient (Wildman–Crippen LogP) is 4.25. The quantitative estimate of drug-likeness (QED) is 0.806. The van der Waals surface area contributed by atoms with E-state index in [1.54, 1.807) is 0 Å². The minimum Gasteiger partial charge on any atom is -0.209 e. The molecule has 112 valence electrons. The molecule has 0 aliphatic heterocycles. The Balaban J connectivity index is 2.11. The average molecular weight is 365 g/mol. The van der Waals surface area contributed by atoms with Gasteiger partial charge in [0.05, 0.1) is 10.4 Å². The topological polar surface area (TPSA) is 46.2 Å². The largest absolute Gasteiger partial charge is 0.242 e. The maximum Gasteiger partial charge on any atom is 0.242 e. The highest BCUT2D eigenvalue weighted by Crippen LogP contribution is 2.25. The van der Waals surface area contributed by atoms with Gasteiger partial charge in [-0.3, -0.25) is 0 Å². The molecule has 0 fully saturated rings. The van der Waals surface area contributed by atoms with Gasteiger partial charge in [0.2, 0.25) is 10.0 Å². The van der Waals surface area contributed by atoms with Crippen LogP contribution < -0.4 is 4.72 Å². The molecule has 1 atom stereocenters. The van der Waals surface area contributed by atoms with E-state index >= 15 is 0 Å². The van der Waals surface area contributed by atoms with Gasteiger partial charge in [-0.2, -0.15) is 0 Å². The van der Waals surface area contributed by atoms with E-state index in [2.05, 4.69) is 4.72 Å². The van der Waals surface area contributed by atoms with E-state index in [4.69, 9.17) is 34.8 Å². The smallest absolute Gasteiger partial charge is 0.209 e. The third kappa shape index (κ3) is 4.34. The molecule has 2 rings (SSSR count). The summed E-state index contributed by atoms with van der Waals surface area (Å²) in [7, 11) is -3.74.